The summed E-state index contributed by atoms with van der Waals surface area (Å²) in [5.41, 5.74) is -0.0355. The van der Waals surface area contributed by atoms with E-state index in [1.165, 1.54) is 30.0 Å². The fraction of sp³-hybridized carbons (Fsp3) is 0.400. The van der Waals surface area contributed by atoms with Crippen LogP contribution in [0.1, 0.15) is 20.3 Å². The molecule has 1 N–H and O–H groups in total. The molecule has 1 aromatic rings. The number of benzene rings is 1. The molecule has 1 atom stereocenters. The summed E-state index contributed by atoms with van der Waals surface area (Å²) >= 11 is 7.22. The number of amidine groups is 1. The Labute approximate surface area is 153 Å². The Morgan fingerprint density at radius 1 is 1.48 bits per heavy atom. The van der Waals surface area contributed by atoms with Crippen LogP contribution in [0.15, 0.2) is 23.2 Å². The number of carbonyl (C=O) groups is 2. The number of anilines is 1. The highest BCUT2D eigenvalue weighted by Gasteiger charge is 2.38. The Balaban J connectivity index is 2.08. The predicted molar refractivity (Wildman–Crippen MR) is 98.1 cm³/mol. The van der Waals surface area contributed by atoms with Crippen LogP contribution >= 0.6 is 23.4 Å². The first-order valence-electron chi connectivity index (χ1n) is 7.63. The van der Waals surface area contributed by atoms with Crippen molar-refractivity contribution in [2.75, 3.05) is 18.4 Å². The molecular formula is C15H17ClN4O4S. The summed E-state index contributed by atoms with van der Waals surface area (Å²) in [4.78, 5) is 40.7. The lowest BCUT2D eigenvalue weighted by molar-refractivity contribution is -0.384. The number of aliphatic imine (C=N–C) groups is 1. The van der Waals surface area contributed by atoms with Crippen molar-refractivity contribution in [3.05, 3.63) is 33.3 Å². The smallest absolute Gasteiger partial charge is 0.271 e. The molecule has 1 aromatic carbocycles. The number of nitrogens with one attached hydrogen (secondary N) is 1. The van der Waals surface area contributed by atoms with Crippen LogP contribution in [0.3, 0.4) is 0 Å². The average molecular weight is 385 g/mol. The van der Waals surface area contributed by atoms with E-state index in [1.807, 2.05) is 13.8 Å². The van der Waals surface area contributed by atoms with E-state index in [-0.39, 0.29) is 28.7 Å². The zero-order valence-corrected chi connectivity index (χ0v) is 15.3. The van der Waals surface area contributed by atoms with Gasteiger partial charge in [-0.1, -0.05) is 23.4 Å². The molecule has 2 amide bonds. The minimum Gasteiger partial charge on any atom is -0.325 e. The molecule has 8 nitrogen and oxygen atoms in total. The van der Waals surface area contributed by atoms with E-state index < -0.39 is 16.1 Å². The Bertz CT molecular complexity index is 740. The monoisotopic (exact) mass is 384 g/mol. The summed E-state index contributed by atoms with van der Waals surface area (Å²) < 4.78 is 0. The van der Waals surface area contributed by atoms with Gasteiger partial charge in [0.1, 0.15) is 5.25 Å². The first-order valence-corrected chi connectivity index (χ1v) is 8.89. The number of nitrogens with zero attached hydrogens (tertiary/aromatic N) is 3. The van der Waals surface area contributed by atoms with Crippen molar-refractivity contribution in [1.29, 1.82) is 0 Å². The lowest BCUT2D eigenvalue weighted by atomic mass is 10.2. The van der Waals surface area contributed by atoms with Crippen molar-refractivity contribution in [2.24, 2.45) is 4.99 Å². The third kappa shape index (κ3) is 4.49. The number of nitro benzene ring substituents is 1. The first kappa shape index (κ1) is 19.2. The second-order valence-electron chi connectivity index (χ2n) is 5.12. The first-order chi connectivity index (χ1) is 11.9. The fourth-order valence-corrected chi connectivity index (χ4v) is 3.71. The molecule has 1 saturated heterocycles. The van der Waals surface area contributed by atoms with Gasteiger partial charge < -0.3 is 5.32 Å². The van der Waals surface area contributed by atoms with Crippen LogP contribution in [0.4, 0.5) is 11.4 Å². The molecule has 1 aliphatic rings. The minimum atomic E-state index is -0.574. The molecule has 2 rings (SSSR count). The highest BCUT2D eigenvalue weighted by molar-refractivity contribution is 8.15. The molecular weight excluding hydrogens is 368 g/mol. The van der Waals surface area contributed by atoms with E-state index >= 15 is 0 Å². The summed E-state index contributed by atoms with van der Waals surface area (Å²) in [7, 11) is 0. The van der Waals surface area contributed by atoms with Crippen molar-refractivity contribution >= 4 is 51.7 Å². The lowest BCUT2D eigenvalue weighted by Crippen LogP contribution is -2.33. The summed E-state index contributed by atoms with van der Waals surface area (Å²) in [5.74, 6) is -0.609. The van der Waals surface area contributed by atoms with E-state index in [4.69, 9.17) is 11.6 Å². The van der Waals surface area contributed by atoms with Gasteiger partial charge in [-0.3, -0.25) is 29.6 Å². The molecule has 0 unspecified atom stereocenters. The number of rotatable bonds is 6. The molecule has 0 saturated carbocycles. The molecule has 25 heavy (non-hydrogen) atoms. The van der Waals surface area contributed by atoms with Gasteiger partial charge in [0.2, 0.25) is 11.8 Å². The highest BCUT2D eigenvalue weighted by Crippen LogP contribution is 2.31. The topological polar surface area (TPSA) is 105 Å². The van der Waals surface area contributed by atoms with Crippen LogP contribution in [0.2, 0.25) is 5.02 Å². The predicted octanol–water partition coefficient (Wildman–Crippen LogP) is 2.92. The molecule has 0 aromatic heterocycles. The Morgan fingerprint density at radius 2 is 2.20 bits per heavy atom. The van der Waals surface area contributed by atoms with Crippen molar-refractivity contribution in [3.8, 4) is 0 Å². The Kier molecular flexibility index (Phi) is 6.38. The number of amides is 2. The number of halogens is 1. The number of nitro groups is 1. The van der Waals surface area contributed by atoms with Gasteiger partial charge in [-0.15, -0.1) is 0 Å². The van der Waals surface area contributed by atoms with Gasteiger partial charge in [0.25, 0.3) is 5.69 Å². The quantitative estimate of drug-likeness (QED) is 0.599. The number of non-ortho nitro benzene ring substituents is 1. The number of thioether (sulfide) groups is 1. The highest BCUT2D eigenvalue weighted by atomic mass is 35.5. The van der Waals surface area contributed by atoms with Gasteiger partial charge in [-0.25, -0.2) is 0 Å². The molecule has 0 bridgehead atoms. The number of hydrogen-bond acceptors (Lipinski definition) is 6. The standard InChI is InChI=1S/C15H17ClN4O4S/c1-3-17-15-19(4-2)14(22)12(25-15)8-13(21)18-11-7-9(20(23)24)5-6-10(11)16/h5-7,12H,3-4,8H2,1-2H3,(H,18,21)/t12-/m1/s1. The van der Waals surface area contributed by atoms with Gasteiger partial charge in [0, 0.05) is 31.6 Å². The average Bonchev–Trinajstić information content (AvgIpc) is 2.84. The van der Waals surface area contributed by atoms with E-state index in [0.717, 1.165) is 0 Å². The Hall–Kier alpha value is -2.13. The zero-order valence-electron chi connectivity index (χ0n) is 13.7. The SMILES string of the molecule is CCN=C1S[C@H](CC(=O)Nc2cc([N+](=O)[O-])ccc2Cl)C(=O)N1CC. The van der Waals surface area contributed by atoms with Crippen molar-refractivity contribution < 1.29 is 14.5 Å². The lowest BCUT2D eigenvalue weighted by Gasteiger charge is -2.13. The second-order valence-corrected chi connectivity index (χ2v) is 6.70. The van der Waals surface area contributed by atoms with E-state index in [2.05, 4.69) is 10.3 Å². The molecule has 0 spiro atoms. The van der Waals surface area contributed by atoms with Gasteiger partial charge in [-0.05, 0) is 19.9 Å². The maximum atomic E-state index is 12.3. The third-order valence-electron chi connectivity index (χ3n) is 3.44. The minimum absolute atomic E-state index is 0.0677. The van der Waals surface area contributed by atoms with E-state index in [0.29, 0.717) is 18.3 Å². The fourth-order valence-electron chi connectivity index (χ4n) is 2.28. The van der Waals surface area contributed by atoms with Gasteiger partial charge in [0.15, 0.2) is 5.17 Å². The van der Waals surface area contributed by atoms with Crippen molar-refractivity contribution in [3.63, 3.8) is 0 Å². The molecule has 1 fully saturated rings. The van der Waals surface area contributed by atoms with Crippen molar-refractivity contribution in [1.82, 2.24) is 4.90 Å². The van der Waals surface area contributed by atoms with Crippen LogP contribution in [0, 0.1) is 10.1 Å². The molecule has 0 aliphatic carbocycles. The maximum absolute atomic E-state index is 12.3. The van der Waals surface area contributed by atoms with Crippen LogP contribution in [0.5, 0.6) is 0 Å². The maximum Gasteiger partial charge on any atom is 0.271 e. The molecule has 134 valence electrons. The van der Waals surface area contributed by atoms with Gasteiger partial charge in [-0.2, -0.15) is 0 Å². The summed E-state index contributed by atoms with van der Waals surface area (Å²) in [6.07, 6.45) is -0.0677. The largest absolute Gasteiger partial charge is 0.325 e. The normalized spacial score (nSPS) is 18.7. The van der Waals surface area contributed by atoms with Crippen molar-refractivity contribution in [2.45, 2.75) is 25.5 Å². The summed E-state index contributed by atoms with van der Waals surface area (Å²) in [6.45, 7) is 4.75. The number of carbonyl (C=O) groups excluding carboxylic acids is 2. The molecule has 10 heteroatoms. The second kappa shape index (κ2) is 8.30. The van der Waals surface area contributed by atoms with Crippen LogP contribution < -0.4 is 5.32 Å². The van der Waals surface area contributed by atoms with Gasteiger partial charge in [0.05, 0.1) is 15.6 Å². The number of hydrogen-bond donors (Lipinski definition) is 1. The van der Waals surface area contributed by atoms with E-state index in [1.54, 1.807) is 4.90 Å². The van der Waals surface area contributed by atoms with Crippen LogP contribution in [-0.4, -0.2) is 45.1 Å². The molecule has 1 aliphatic heterocycles. The van der Waals surface area contributed by atoms with Crippen LogP contribution in [-0.2, 0) is 9.59 Å². The van der Waals surface area contributed by atoms with E-state index in [9.17, 15) is 19.7 Å². The van der Waals surface area contributed by atoms with Crippen LogP contribution in [0.25, 0.3) is 0 Å². The summed E-state index contributed by atoms with van der Waals surface area (Å²) in [6, 6.07) is 3.78. The Morgan fingerprint density at radius 3 is 2.80 bits per heavy atom. The molecule has 1 heterocycles. The molecule has 0 radical (unpaired) electrons. The third-order valence-corrected chi connectivity index (χ3v) is 4.98. The summed E-state index contributed by atoms with van der Waals surface area (Å²) in [5, 5.41) is 13.6. The zero-order chi connectivity index (χ0) is 18.6. The van der Waals surface area contributed by atoms with Gasteiger partial charge >= 0.3 is 0 Å².